The van der Waals surface area contributed by atoms with Gasteiger partial charge in [0.2, 0.25) is 0 Å². The predicted octanol–water partition coefficient (Wildman–Crippen LogP) is 1.60. The SMILES string of the molecule is CC(C)C(NC(=O)/C(C#N)=C\Nc1ccc(C#N)cc1)C(=O)O. The first kappa shape index (κ1) is 17.7. The Hall–Kier alpha value is -3.32. The van der Waals surface area contributed by atoms with Crippen molar-refractivity contribution in [3.8, 4) is 12.1 Å². The number of carbonyl (C=O) groups is 2. The van der Waals surface area contributed by atoms with E-state index in [0.29, 0.717) is 11.3 Å². The van der Waals surface area contributed by atoms with Gasteiger partial charge in [-0.1, -0.05) is 13.8 Å². The summed E-state index contributed by atoms with van der Waals surface area (Å²) in [4.78, 5) is 23.0. The van der Waals surface area contributed by atoms with Crippen LogP contribution in [0, 0.1) is 28.6 Å². The van der Waals surface area contributed by atoms with Crippen LogP contribution in [-0.4, -0.2) is 23.0 Å². The van der Waals surface area contributed by atoms with Gasteiger partial charge in [-0.2, -0.15) is 10.5 Å². The third-order valence-electron chi connectivity index (χ3n) is 2.98. The molecule has 0 saturated carbocycles. The average Bonchev–Trinajstić information content (AvgIpc) is 2.53. The van der Waals surface area contributed by atoms with Crippen molar-refractivity contribution in [2.45, 2.75) is 19.9 Å². The van der Waals surface area contributed by atoms with Crippen molar-refractivity contribution >= 4 is 17.6 Å². The molecule has 3 N–H and O–H groups in total. The Kier molecular flexibility index (Phi) is 6.32. The molecular formula is C16H16N4O3. The summed E-state index contributed by atoms with van der Waals surface area (Å²) in [6.07, 6.45) is 1.19. The Morgan fingerprint density at radius 3 is 2.26 bits per heavy atom. The monoisotopic (exact) mass is 312 g/mol. The highest BCUT2D eigenvalue weighted by Crippen LogP contribution is 2.10. The molecule has 0 bridgehead atoms. The summed E-state index contributed by atoms with van der Waals surface area (Å²) in [5, 5.41) is 31.9. The van der Waals surface area contributed by atoms with Crippen LogP contribution in [0.25, 0.3) is 0 Å². The Morgan fingerprint density at radius 2 is 1.83 bits per heavy atom. The van der Waals surface area contributed by atoms with Gasteiger partial charge in [-0.05, 0) is 30.2 Å². The zero-order chi connectivity index (χ0) is 17.4. The number of hydrogen-bond donors (Lipinski definition) is 3. The molecule has 0 fully saturated rings. The summed E-state index contributed by atoms with van der Waals surface area (Å²) in [5.41, 5.74) is 0.823. The summed E-state index contributed by atoms with van der Waals surface area (Å²) < 4.78 is 0. The van der Waals surface area contributed by atoms with E-state index in [9.17, 15) is 9.59 Å². The van der Waals surface area contributed by atoms with Gasteiger partial charge in [0, 0.05) is 11.9 Å². The van der Waals surface area contributed by atoms with Crippen molar-refractivity contribution in [3.63, 3.8) is 0 Å². The molecule has 1 amide bonds. The number of carboxylic acid groups (broad SMARTS) is 1. The van der Waals surface area contributed by atoms with Gasteiger partial charge in [0.1, 0.15) is 17.7 Å². The standard InChI is InChI=1S/C16H16N4O3/c1-10(2)14(16(22)23)20-15(21)12(8-18)9-19-13-5-3-11(7-17)4-6-13/h3-6,9-10,14,19H,1-2H3,(H,20,21)(H,22,23)/b12-9-. The fraction of sp³-hybridized carbons (Fsp3) is 0.250. The number of benzene rings is 1. The van der Waals surface area contributed by atoms with Crippen LogP contribution in [0.4, 0.5) is 5.69 Å². The molecule has 0 heterocycles. The highest BCUT2D eigenvalue weighted by Gasteiger charge is 2.24. The van der Waals surface area contributed by atoms with E-state index < -0.39 is 17.9 Å². The second-order valence-electron chi connectivity index (χ2n) is 5.04. The van der Waals surface area contributed by atoms with Gasteiger partial charge in [-0.15, -0.1) is 0 Å². The Labute approximate surface area is 133 Å². The molecule has 0 aliphatic carbocycles. The second kappa shape index (κ2) is 8.20. The number of nitrogens with zero attached hydrogens (tertiary/aromatic N) is 2. The van der Waals surface area contributed by atoms with E-state index in [2.05, 4.69) is 10.6 Å². The predicted molar refractivity (Wildman–Crippen MR) is 82.9 cm³/mol. The van der Waals surface area contributed by atoms with Gasteiger partial charge in [0.25, 0.3) is 5.91 Å². The smallest absolute Gasteiger partial charge is 0.326 e. The van der Waals surface area contributed by atoms with Gasteiger partial charge >= 0.3 is 5.97 Å². The molecule has 0 radical (unpaired) electrons. The second-order valence-corrected chi connectivity index (χ2v) is 5.04. The molecule has 0 aromatic heterocycles. The molecule has 23 heavy (non-hydrogen) atoms. The maximum atomic E-state index is 12.0. The Balaban J connectivity index is 2.82. The van der Waals surface area contributed by atoms with Gasteiger partial charge < -0.3 is 15.7 Å². The molecule has 0 saturated heterocycles. The fourth-order valence-electron chi connectivity index (χ4n) is 1.68. The van der Waals surface area contributed by atoms with E-state index in [1.165, 1.54) is 6.20 Å². The van der Waals surface area contributed by atoms with Crippen molar-refractivity contribution in [2.75, 3.05) is 5.32 Å². The molecule has 1 unspecified atom stereocenters. The average molecular weight is 312 g/mol. The number of nitrogens with one attached hydrogen (secondary N) is 2. The Bertz CT molecular complexity index is 694. The molecule has 1 aromatic carbocycles. The molecule has 1 aromatic rings. The fourth-order valence-corrected chi connectivity index (χ4v) is 1.68. The summed E-state index contributed by atoms with van der Waals surface area (Å²) in [5.74, 6) is -2.25. The molecule has 118 valence electrons. The lowest BCUT2D eigenvalue weighted by Gasteiger charge is -2.17. The first-order chi connectivity index (χ1) is 10.9. The zero-order valence-corrected chi connectivity index (χ0v) is 12.7. The minimum Gasteiger partial charge on any atom is -0.480 e. The normalized spacial score (nSPS) is 12.0. The number of nitriles is 2. The van der Waals surface area contributed by atoms with Crippen LogP contribution in [0.1, 0.15) is 19.4 Å². The van der Waals surface area contributed by atoms with E-state index in [1.54, 1.807) is 44.2 Å². The van der Waals surface area contributed by atoms with Crippen LogP contribution in [0.15, 0.2) is 36.0 Å². The highest BCUT2D eigenvalue weighted by atomic mass is 16.4. The summed E-state index contributed by atoms with van der Waals surface area (Å²) >= 11 is 0. The first-order valence-electron chi connectivity index (χ1n) is 6.79. The molecule has 0 spiro atoms. The van der Waals surface area contributed by atoms with Gasteiger partial charge in [0.15, 0.2) is 0 Å². The first-order valence-corrected chi connectivity index (χ1v) is 6.79. The number of anilines is 1. The third kappa shape index (κ3) is 5.18. The van der Waals surface area contributed by atoms with Gasteiger partial charge in [-0.3, -0.25) is 4.79 Å². The van der Waals surface area contributed by atoms with Crippen molar-refractivity contribution < 1.29 is 14.7 Å². The van der Waals surface area contributed by atoms with Crippen LogP contribution in [0.3, 0.4) is 0 Å². The Morgan fingerprint density at radius 1 is 1.22 bits per heavy atom. The van der Waals surface area contributed by atoms with Crippen molar-refractivity contribution in [3.05, 3.63) is 41.6 Å². The number of rotatable bonds is 6. The van der Waals surface area contributed by atoms with Crippen molar-refractivity contribution in [1.82, 2.24) is 5.32 Å². The molecule has 7 heteroatoms. The molecule has 1 atom stereocenters. The van der Waals surface area contributed by atoms with E-state index in [4.69, 9.17) is 15.6 Å². The van der Waals surface area contributed by atoms with Crippen LogP contribution in [0.2, 0.25) is 0 Å². The molecule has 7 nitrogen and oxygen atoms in total. The molecule has 1 rings (SSSR count). The van der Waals surface area contributed by atoms with Crippen LogP contribution in [-0.2, 0) is 9.59 Å². The number of hydrogen-bond acceptors (Lipinski definition) is 5. The van der Waals surface area contributed by atoms with Crippen LogP contribution >= 0.6 is 0 Å². The van der Waals surface area contributed by atoms with Crippen LogP contribution in [0.5, 0.6) is 0 Å². The molecule has 0 aliphatic rings. The molecular weight excluding hydrogens is 296 g/mol. The van der Waals surface area contributed by atoms with Gasteiger partial charge in [0.05, 0.1) is 11.6 Å². The minimum absolute atomic E-state index is 0.249. The lowest BCUT2D eigenvalue weighted by molar-refractivity contribution is -0.142. The highest BCUT2D eigenvalue weighted by molar-refractivity contribution is 5.99. The van der Waals surface area contributed by atoms with E-state index >= 15 is 0 Å². The molecule has 0 aliphatic heterocycles. The summed E-state index contributed by atoms with van der Waals surface area (Å²) in [7, 11) is 0. The largest absolute Gasteiger partial charge is 0.480 e. The van der Waals surface area contributed by atoms with E-state index in [0.717, 1.165) is 0 Å². The number of carbonyl (C=O) groups excluding carboxylic acids is 1. The van der Waals surface area contributed by atoms with Crippen LogP contribution < -0.4 is 10.6 Å². The number of carboxylic acids is 1. The number of aliphatic carboxylic acids is 1. The van der Waals surface area contributed by atoms with Crippen molar-refractivity contribution in [1.29, 1.82) is 10.5 Å². The maximum Gasteiger partial charge on any atom is 0.326 e. The van der Waals surface area contributed by atoms with Crippen molar-refractivity contribution in [2.24, 2.45) is 5.92 Å². The van der Waals surface area contributed by atoms with Gasteiger partial charge in [-0.25, -0.2) is 4.79 Å². The minimum atomic E-state index is -1.16. The third-order valence-corrected chi connectivity index (χ3v) is 2.98. The topological polar surface area (TPSA) is 126 Å². The number of amides is 1. The quantitative estimate of drug-likeness (QED) is 0.541. The zero-order valence-electron chi connectivity index (χ0n) is 12.7. The lowest BCUT2D eigenvalue weighted by Crippen LogP contribution is -2.44. The summed E-state index contributed by atoms with van der Waals surface area (Å²) in [6, 6.07) is 9.03. The summed E-state index contributed by atoms with van der Waals surface area (Å²) in [6.45, 7) is 3.31. The maximum absolute atomic E-state index is 12.0. The van der Waals surface area contributed by atoms with E-state index in [-0.39, 0.29) is 11.5 Å². The van der Waals surface area contributed by atoms with E-state index in [1.807, 2.05) is 6.07 Å². The lowest BCUT2D eigenvalue weighted by atomic mass is 10.0.